The summed E-state index contributed by atoms with van der Waals surface area (Å²) in [6, 6.07) is 5.50. The summed E-state index contributed by atoms with van der Waals surface area (Å²) in [5.74, 6) is -0.105. The summed E-state index contributed by atoms with van der Waals surface area (Å²) in [6.07, 6.45) is 0. The molecule has 1 rings (SSSR count). The number of halogens is 1. The van der Waals surface area contributed by atoms with E-state index in [0.717, 1.165) is 5.56 Å². The Hall–Kier alpha value is -1.02. The van der Waals surface area contributed by atoms with Crippen LogP contribution >= 0.6 is 11.6 Å². The maximum Gasteiger partial charge on any atom is 0.221 e. The molecule has 3 heteroatoms. The molecule has 0 aliphatic rings. The monoisotopic (exact) mass is 213 g/mol. The first-order valence-electron chi connectivity index (χ1n) is 4.64. The lowest BCUT2D eigenvalue weighted by molar-refractivity contribution is -0.114. The van der Waals surface area contributed by atoms with Gasteiger partial charge in [-0.05, 0) is 18.6 Å². The van der Waals surface area contributed by atoms with Gasteiger partial charge in [-0.25, -0.2) is 0 Å². The van der Waals surface area contributed by atoms with Crippen LogP contribution in [0.25, 0.3) is 0 Å². The number of anilines is 1. The molecule has 14 heavy (non-hydrogen) atoms. The highest BCUT2D eigenvalue weighted by Crippen LogP contribution is 2.24. The lowest BCUT2D eigenvalue weighted by atomic mass is 10.2. The molecule has 0 radical (unpaired) electrons. The van der Waals surface area contributed by atoms with Crippen molar-refractivity contribution in [3.8, 4) is 0 Å². The molecule has 0 atom stereocenters. The average Bonchev–Trinajstić information content (AvgIpc) is 2.15. The van der Waals surface area contributed by atoms with Gasteiger partial charge in [0.05, 0.1) is 10.7 Å². The fourth-order valence-electron chi connectivity index (χ4n) is 0.966. The molecule has 1 aromatic rings. The number of benzene rings is 1. The predicted octanol–water partition coefficient (Wildman–Crippen LogP) is 3.63. The van der Waals surface area contributed by atoms with Crippen molar-refractivity contribution in [1.82, 2.24) is 0 Å². The van der Waals surface area contributed by atoms with Crippen molar-refractivity contribution >= 4 is 23.2 Å². The number of rotatable bonds is 1. The van der Waals surface area contributed by atoms with Gasteiger partial charge in [0.25, 0.3) is 0 Å². The van der Waals surface area contributed by atoms with Gasteiger partial charge in [-0.3, -0.25) is 4.79 Å². The van der Waals surface area contributed by atoms with E-state index >= 15 is 0 Å². The second-order valence-electron chi connectivity index (χ2n) is 2.61. The summed E-state index contributed by atoms with van der Waals surface area (Å²) < 4.78 is 0. The fourth-order valence-corrected chi connectivity index (χ4v) is 1.24. The van der Waals surface area contributed by atoms with Crippen LogP contribution in [-0.2, 0) is 4.79 Å². The molecule has 0 saturated carbocycles. The van der Waals surface area contributed by atoms with Gasteiger partial charge >= 0.3 is 0 Å². The van der Waals surface area contributed by atoms with Crippen molar-refractivity contribution in [2.24, 2.45) is 0 Å². The number of hydrogen-bond donors (Lipinski definition) is 1. The van der Waals surface area contributed by atoms with Crippen LogP contribution in [0.15, 0.2) is 18.2 Å². The predicted molar refractivity (Wildman–Crippen MR) is 61.8 cm³/mol. The summed E-state index contributed by atoms with van der Waals surface area (Å²) in [7, 11) is 0. The lowest BCUT2D eigenvalue weighted by Gasteiger charge is -2.07. The third-order valence-electron chi connectivity index (χ3n) is 1.52. The smallest absolute Gasteiger partial charge is 0.221 e. The summed E-state index contributed by atoms with van der Waals surface area (Å²) in [4.78, 5) is 10.7. The van der Waals surface area contributed by atoms with Crippen LogP contribution in [0.1, 0.15) is 26.3 Å². The Morgan fingerprint density at radius 3 is 2.36 bits per heavy atom. The Morgan fingerprint density at radius 1 is 1.36 bits per heavy atom. The van der Waals surface area contributed by atoms with E-state index in [4.69, 9.17) is 11.6 Å². The maximum atomic E-state index is 10.7. The number of hydrogen-bond acceptors (Lipinski definition) is 1. The molecule has 0 bridgehead atoms. The van der Waals surface area contributed by atoms with Gasteiger partial charge in [0, 0.05) is 6.92 Å². The van der Waals surface area contributed by atoms with Crippen LogP contribution in [0.2, 0.25) is 5.02 Å². The minimum Gasteiger partial charge on any atom is -0.325 e. The number of para-hydroxylation sites is 1. The average molecular weight is 214 g/mol. The Bertz CT molecular complexity index is 290. The van der Waals surface area contributed by atoms with Crippen LogP contribution in [0.5, 0.6) is 0 Å². The van der Waals surface area contributed by atoms with E-state index in [-0.39, 0.29) is 5.91 Å². The van der Waals surface area contributed by atoms with Gasteiger partial charge in [-0.2, -0.15) is 0 Å². The van der Waals surface area contributed by atoms with Crippen molar-refractivity contribution in [2.45, 2.75) is 27.7 Å². The topological polar surface area (TPSA) is 29.1 Å². The molecular weight excluding hydrogens is 198 g/mol. The first kappa shape index (κ1) is 13.0. The van der Waals surface area contributed by atoms with Crippen molar-refractivity contribution in [1.29, 1.82) is 0 Å². The zero-order valence-corrected chi connectivity index (χ0v) is 9.77. The van der Waals surface area contributed by atoms with E-state index in [1.165, 1.54) is 6.92 Å². The van der Waals surface area contributed by atoms with E-state index < -0.39 is 0 Å². The molecule has 1 N–H and O–H groups in total. The highest BCUT2D eigenvalue weighted by atomic mass is 35.5. The summed E-state index contributed by atoms with van der Waals surface area (Å²) in [5.41, 5.74) is 1.67. The first-order chi connectivity index (χ1) is 6.61. The van der Waals surface area contributed by atoms with Crippen molar-refractivity contribution < 1.29 is 4.79 Å². The largest absolute Gasteiger partial charge is 0.325 e. The van der Waals surface area contributed by atoms with Gasteiger partial charge in [0.1, 0.15) is 0 Å². The van der Waals surface area contributed by atoms with Crippen LogP contribution in [0.4, 0.5) is 5.69 Å². The Morgan fingerprint density at radius 2 is 1.93 bits per heavy atom. The standard InChI is InChI=1S/C9H10ClNO.C2H6/c1-6-4-3-5-8(10)9(6)11-7(2)12;1-2/h3-5H,1-2H3,(H,11,12);1-2H3. The van der Waals surface area contributed by atoms with Crippen LogP contribution in [0.3, 0.4) is 0 Å². The minimum absolute atomic E-state index is 0.105. The third-order valence-corrected chi connectivity index (χ3v) is 1.84. The number of nitrogens with one attached hydrogen (secondary N) is 1. The number of amides is 1. The summed E-state index contributed by atoms with van der Waals surface area (Å²) >= 11 is 5.86. The van der Waals surface area contributed by atoms with Gasteiger partial charge in [-0.15, -0.1) is 0 Å². The number of aryl methyl sites for hydroxylation is 1. The van der Waals surface area contributed by atoms with E-state index in [2.05, 4.69) is 5.32 Å². The molecule has 0 spiro atoms. The zero-order valence-electron chi connectivity index (χ0n) is 9.02. The van der Waals surface area contributed by atoms with Crippen molar-refractivity contribution in [2.75, 3.05) is 5.32 Å². The summed E-state index contributed by atoms with van der Waals surface area (Å²) in [6.45, 7) is 7.36. The second-order valence-corrected chi connectivity index (χ2v) is 3.02. The second kappa shape index (κ2) is 6.44. The molecule has 0 heterocycles. The SMILES string of the molecule is CC.CC(=O)Nc1c(C)cccc1Cl. The Kier molecular flexibility index (Phi) is 5.97. The molecule has 0 aromatic heterocycles. The van der Waals surface area contributed by atoms with Crippen LogP contribution in [-0.4, -0.2) is 5.91 Å². The molecule has 1 aromatic carbocycles. The molecule has 0 unspecified atom stereocenters. The van der Waals surface area contributed by atoms with Gasteiger partial charge in [0.2, 0.25) is 5.91 Å². The normalized spacial score (nSPS) is 8.64. The molecule has 2 nitrogen and oxygen atoms in total. The first-order valence-corrected chi connectivity index (χ1v) is 5.02. The molecular formula is C11H16ClNO. The third kappa shape index (κ3) is 3.79. The van der Waals surface area contributed by atoms with Gasteiger partial charge in [-0.1, -0.05) is 37.6 Å². The van der Waals surface area contributed by atoms with E-state index in [1.807, 2.05) is 32.9 Å². The van der Waals surface area contributed by atoms with Crippen LogP contribution in [0, 0.1) is 6.92 Å². The van der Waals surface area contributed by atoms with E-state index in [1.54, 1.807) is 6.07 Å². The highest BCUT2D eigenvalue weighted by Gasteiger charge is 2.03. The lowest BCUT2D eigenvalue weighted by Crippen LogP contribution is -2.07. The fraction of sp³-hybridized carbons (Fsp3) is 0.364. The van der Waals surface area contributed by atoms with Crippen LogP contribution < -0.4 is 5.32 Å². The molecule has 1 amide bonds. The number of carbonyl (C=O) groups excluding carboxylic acids is 1. The molecule has 0 saturated heterocycles. The molecule has 0 aliphatic heterocycles. The zero-order chi connectivity index (χ0) is 11.1. The van der Waals surface area contributed by atoms with Gasteiger partial charge < -0.3 is 5.32 Å². The van der Waals surface area contributed by atoms with E-state index in [9.17, 15) is 4.79 Å². The molecule has 0 aliphatic carbocycles. The quantitative estimate of drug-likeness (QED) is 0.759. The van der Waals surface area contributed by atoms with Gasteiger partial charge in [0.15, 0.2) is 0 Å². The van der Waals surface area contributed by atoms with E-state index in [0.29, 0.717) is 10.7 Å². The summed E-state index contributed by atoms with van der Waals surface area (Å²) in [5, 5.41) is 3.24. The Labute approximate surface area is 90.3 Å². The Balaban J connectivity index is 0.000000791. The highest BCUT2D eigenvalue weighted by molar-refractivity contribution is 6.33. The minimum atomic E-state index is -0.105. The maximum absolute atomic E-state index is 10.7. The molecule has 0 fully saturated rings. The molecule has 78 valence electrons. The number of carbonyl (C=O) groups is 1. The van der Waals surface area contributed by atoms with Crippen molar-refractivity contribution in [3.05, 3.63) is 28.8 Å². The van der Waals surface area contributed by atoms with Crippen molar-refractivity contribution in [3.63, 3.8) is 0 Å².